The zero-order valence-electron chi connectivity index (χ0n) is 9.20. The molecule has 0 saturated carbocycles. The molecule has 0 unspecified atom stereocenters. The molecule has 1 aromatic rings. The number of nitrogen functional groups attached to an aromatic ring is 1. The molecule has 15 heavy (non-hydrogen) atoms. The molecular formula is C9H16N4O2. The first-order valence-corrected chi connectivity index (χ1v) is 4.73. The lowest BCUT2D eigenvalue weighted by atomic mass is 10.3. The van der Waals surface area contributed by atoms with Gasteiger partial charge in [0.2, 0.25) is 0 Å². The lowest BCUT2D eigenvalue weighted by molar-refractivity contribution is 0.399. The molecule has 1 heterocycles. The summed E-state index contributed by atoms with van der Waals surface area (Å²) < 4.78 is 1.35. The number of anilines is 1. The van der Waals surface area contributed by atoms with Gasteiger partial charge in [-0.25, -0.2) is 4.79 Å². The van der Waals surface area contributed by atoms with Crippen molar-refractivity contribution < 1.29 is 0 Å². The van der Waals surface area contributed by atoms with E-state index in [2.05, 4.69) is 4.98 Å². The molecule has 6 heteroatoms. The summed E-state index contributed by atoms with van der Waals surface area (Å²) in [5.41, 5.74) is 5.33. The molecule has 0 aliphatic heterocycles. The Labute approximate surface area is 87.3 Å². The maximum atomic E-state index is 11.5. The fraction of sp³-hybridized carbons (Fsp3) is 0.556. The normalized spacial score (nSPS) is 10.9. The number of aromatic nitrogens is 2. The van der Waals surface area contributed by atoms with Crippen molar-refractivity contribution >= 4 is 5.82 Å². The Hall–Kier alpha value is -1.56. The van der Waals surface area contributed by atoms with Crippen molar-refractivity contribution in [2.45, 2.75) is 20.0 Å². The third kappa shape index (κ3) is 2.27. The van der Waals surface area contributed by atoms with E-state index in [-0.39, 0.29) is 5.82 Å². The van der Waals surface area contributed by atoms with Crippen LogP contribution in [-0.4, -0.2) is 28.5 Å². The molecule has 1 rings (SSSR count). The Bertz CT molecular complexity index is 458. The van der Waals surface area contributed by atoms with Crippen molar-refractivity contribution in [1.29, 1.82) is 0 Å². The first kappa shape index (κ1) is 11.5. The zero-order valence-corrected chi connectivity index (χ0v) is 9.20. The van der Waals surface area contributed by atoms with E-state index >= 15 is 0 Å². The van der Waals surface area contributed by atoms with Crippen LogP contribution in [0, 0.1) is 0 Å². The van der Waals surface area contributed by atoms with Gasteiger partial charge in [0.25, 0.3) is 5.56 Å². The van der Waals surface area contributed by atoms with Crippen molar-refractivity contribution in [2.75, 3.05) is 19.8 Å². The summed E-state index contributed by atoms with van der Waals surface area (Å²) in [7, 11) is 3.67. The molecule has 0 fully saturated rings. The highest BCUT2D eigenvalue weighted by Crippen LogP contribution is 2.04. The second-order valence-corrected chi connectivity index (χ2v) is 3.61. The van der Waals surface area contributed by atoms with Gasteiger partial charge in [0.1, 0.15) is 5.82 Å². The Kier molecular flexibility index (Phi) is 3.31. The van der Waals surface area contributed by atoms with Crippen LogP contribution >= 0.6 is 0 Å². The van der Waals surface area contributed by atoms with Crippen LogP contribution in [0.1, 0.15) is 12.5 Å². The summed E-state index contributed by atoms with van der Waals surface area (Å²) in [6, 6.07) is 0. The molecule has 0 aromatic carbocycles. The van der Waals surface area contributed by atoms with Gasteiger partial charge in [0.05, 0.1) is 5.56 Å². The first-order valence-electron chi connectivity index (χ1n) is 4.73. The summed E-state index contributed by atoms with van der Waals surface area (Å²) in [5, 5.41) is 0. The Morgan fingerprint density at radius 1 is 1.40 bits per heavy atom. The minimum absolute atomic E-state index is 0.250. The summed E-state index contributed by atoms with van der Waals surface area (Å²) in [4.78, 5) is 26.9. The van der Waals surface area contributed by atoms with Gasteiger partial charge >= 0.3 is 5.69 Å². The van der Waals surface area contributed by atoms with Crippen molar-refractivity contribution in [1.82, 2.24) is 14.5 Å². The Morgan fingerprint density at radius 3 is 2.47 bits per heavy atom. The fourth-order valence-electron chi connectivity index (χ4n) is 1.41. The average molecular weight is 212 g/mol. The van der Waals surface area contributed by atoms with E-state index in [0.29, 0.717) is 18.7 Å². The van der Waals surface area contributed by atoms with E-state index in [0.717, 1.165) is 0 Å². The Morgan fingerprint density at radius 2 is 2.00 bits per heavy atom. The van der Waals surface area contributed by atoms with Gasteiger partial charge in [-0.1, -0.05) is 0 Å². The van der Waals surface area contributed by atoms with Crippen LogP contribution in [0.3, 0.4) is 0 Å². The third-order valence-corrected chi connectivity index (χ3v) is 2.13. The SMILES string of the molecule is CCn1c(N)c(CN(C)C)c(=O)[nH]c1=O. The van der Waals surface area contributed by atoms with Crippen LogP contribution in [0.2, 0.25) is 0 Å². The molecule has 84 valence electrons. The summed E-state index contributed by atoms with van der Waals surface area (Å²) in [5.74, 6) is 0.250. The monoisotopic (exact) mass is 212 g/mol. The molecule has 0 atom stereocenters. The standard InChI is InChI=1S/C9H16N4O2/c1-4-13-7(10)6(5-12(2)3)8(14)11-9(13)15/h4-5,10H2,1-3H3,(H,11,14,15). The van der Waals surface area contributed by atoms with Gasteiger partial charge in [0.15, 0.2) is 0 Å². The van der Waals surface area contributed by atoms with Gasteiger partial charge in [-0.2, -0.15) is 0 Å². The highest BCUT2D eigenvalue weighted by Gasteiger charge is 2.11. The number of hydrogen-bond acceptors (Lipinski definition) is 4. The predicted molar refractivity (Wildman–Crippen MR) is 58.8 cm³/mol. The van der Waals surface area contributed by atoms with Crippen LogP contribution in [0.5, 0.6) is 0 Å². The second-order valence-electron chi connectivity index (χ2n) is 3.61. The highest BCUT2D eigenvalue weighted by atomic mass is 16.2. The maximum Gasteiger partial charge on any atom is 0.329 e. The quantitative estimate of drug-likeness (QED) is 0.687. The summed E-state index contributed by atoms with van der Waals surface area (Å²) in [6.45, 7) is 2.67. The zero-order chi connectivity index (χ0) is 11.6. The van der Waals surface area contributed by atoms with Crippen molar-refractivity contribution in [3.8, 4) is 0 Å². The predicted octanol–water partition coefficient (Wildman–Crippen LogP) is -0.800. The Balaban J connectivity index is 3.39. The topological polar surface area (TPSA) is 84.1 Å². The van der Waals surface area contributed by atoms with Crippen molar-refractivity contribution in [3.05, 3.63) is 26.4 Å². The molecule has 0 amide bonds. The van der Waals surface area contributed by atoms with E-state index in [1.807, 2.05) is 19.0 Å². The van der Waals surface area contributed by atoms with Crippen LogP contribution in [0.4, 0.5) is 5.82 Å². The lowest BCUT2D eigenvalue weighted by Gasteiger charge is -2.13. The third-order valence-electron chi connectivity index (χ3n) is 2.13. The number of nitrogens with zero attached hydrogens (tertiary/aromatic N) is 2. The number of hydrogen-bond donors (Lipinski definition) is 2. The number of nitrogens with one attached hydrogen (secondary N) is 1. The largest absolute Gasteiger partial charge is 0.385 e. The van der Waals surface area contributed by atoms with E-state index in [1.54, 1.807) is 6.92 Å². The van der Waals surface area contributed by atoms with Gasteiger partial charge in [-0.15, -0.1) is 0 Å². The molecule has 0 radical (unpaired) electrons. The molecule has 3 N–H and O–H groups in total. The molecule has 0 spiro atoms. The lowest BCUT2D eigenvalue weighted by Crippen LogP contribution is -2.35. The van der Waals surface area contributed by atoms with Crippen LogP contribution in [0.25, 0.3) is 0 Å². The maximum absolute atomic E-state index is 11.5. The molecule has 0 bridgehead atoms. The average Bonchev–Trinajstić information content (AvgIpc) is 2.12. The number of aromatic amines is 1. The second kappa shape index (κ2) is 4.31. The van der Waals surface area contributed by atoms with E-state index in [1.165, 1.54) is 4.57 Å². The molecule has 0 aliphatic carbocycles. The molecular weight excluding hydrogens is 196 g/mol. The van der Waals surface area contributed by atoms with Gasteiger partial charge in [0, 0.05) is 13.1 Å². The fourth-order valence-corrected chi connectivity index (χ4v) is 1.41. The van der Waals surface area contributed by atoms with Crippen LogP contribution < -0.4 is 17.0 Å². The number of H-pyrrole nitrogens is 1. The summed E-state index contributed by atoms with van der Waals surface area (Å²) >= 11 is 0. The number of rotatable bonds is 3. The van der Waals surface area contributed by atoms with E-state index in [9.17, 15) is 9.59 Å². The molecule has 6 nitrogen and oxygen atoms in total. The van der Waals surface area contributed by atoms with Crippen molar-refractivity contribution in [3.63, 3.8) is 0 Å². The smallest absolute Gasteiger partial charge is 0.329 e. The van der Waals surface area contributed by atoms with E-state index in [4.69, 9.17) is 5.73 Å². The van der Waals surface area contributed by atoms with Crippen molar-refractivity contribution in [2.24, 2.45) is 0 Å². The van der Waals surface area contributed by atoms with Gasteiger partial charge in [-0.05, 0) is 21.0 Å². The molecule has 1 aromatic heterocycles. The van der Waals surface area contributed by atoms with E-state index < -0.39 is 11.2 Å². The number of nitrogens with two attached hydrogens (primary N) is 1. The first-order chi connectivity index (χ1) is 6.97. The molecule has 0 aliphatic rings. The summed E-state index contributed by atoms with van der Waals surface area (Å²) in [6.07, 6.45) is 0. The molecule has 0 saturated heterocycles. The van der Waals surface area contributed by atoms with Crippen LogP contribution in [0.15, 0.2) is 9.59 Å². The van der Waals surface area contributed by atoms with Gasteiger partial charge in [-0.3, -0.25) is 14.3 Å². The van der Waals surface area contributed by atoms with Crippen LogP contribution in [-0.2, 0) is 13.1 Å². The highest BCUT2D eigenvalue weighted by molar-refractivity contribution is 5.38. The van der Waals surface area contributed by atoms with Gasteiger partial charge < -0.3 is 10.6 Å². The minimum atomic E-state index is -0.456. The minimum Gasteiger partial charge on any atom is -0.385 e.